The number of hydrogen-bond donors (Lipinski definition) is 4. The molecule has 1 saturated heterocycles. The number of aromatic nitrogens is 2. The highest BCUT2D eigenvalue weighted by molar-refractivity contribution is 5.14. The Hall–Kier alpha value is -1.48. The number of nitrogens with zero attached hydrogens (tertiary/aromatic N) is 1. The van der Waals surface area contributed by atoms with Gasteiger partial charge in [0.15, 0.2) is 0 Å². The van der Waals surface area contributed by atoms with Crippen LogP contribution >= 0.6 is 0 Å². The molecule has 1 aliphatic heterocycles. The average molecular weight is 272 g/mol. The Labute approximate surface area is 107 Å². The first-order valence-corrected chi connectivity index (χ1v) is 5.96. The van der Waals surface area contributed by atoms with Gasteiger partial charge in [-0.3, -0.25) is 9.36 Å². The smallest absolute Gasteiger partial charge is 0.328 e. The molecule has 2 rings (SSSR count). The third-order valence-electron chi connectivity index (χ3n) is 3.25. The number of ether oxygens (including phenoxy) is 1. The van der Waals surface area contributed by atoms with Crippen LogP contribution in [0.15, 0.2) is 15.8 Å². The summed E-state index contributed by atoms with van der Waals surface area (Å²) in [5.74, 6) is 0. The summed E-state index contributed by atoms with van der Waals surface area (Å²) >= 11 is 0. The number of hydrogen-bond acceptors (Lipinski definition) is 6. The Balaban J connectivity index is 2.44. The summed E-state index contributed by atoms with van der Waals surface area (Å²) in [6, 6.07) is 0. The number of rotatable bonds is 3. The normalized spacial score (nSPS) is 30.7. The molecule has 0 bridgehead atoms. The van der Waals surface area contributed by atoms with Crippen molar-refractivity contribution in [1.29, 1.82) is 0 Å². The maximum Gasteiger partial charge on any atom is 0.328 e. The van der Waals surface area contributed by atoms with Crippen LogP contribution in [0, 0.1) is 0 Å². The second kappa shape index (κ2) is 5.25. The molecule has 0 aromatic carbocycles. The Kier molecular flexibility index (Phi) is 3.85. The van der Waals surface area contributed by atoms with Gasteiger partial charge >= 0.3 is 5.69 Å². The molecule has 106 valence electrons. The van der Waals surface area contributed by atoms with Gasteiger partial charge in [0.2, 0.25) is 0 Å². The number of nitrogens with one attached hydrogen (secondary N) is 1. The Bertz CT molecular complexity index is 565. The molecule has 8 heteroatoms. The Morgan fingerprint density at radius 3 is 2.58 bits per heavy atom. The minimum Gasteiger partial charge on any atom is -0.394 e. The maximum atomic E-state index is 12.1. The summed E-state index contributed by atoms with van der Waals surface area (Å²) < 4.78 is 6.22. The Morgan fingerprint density at radius 2 is 2.05 bits per heavy atom. The van der Waals surface area contributed by atoms with Crippen LogP contribution < -0.4 is 11.2 Å². The highest BCUT2D eigenvalue weighted by Gasteiger charge is 2.44. The van der Waals surface area contributed by atoms with E-state index in [2.05, 4.69) is 4.98 Å². The summed E-state index contributed by atoms with van der Waals surface area (Å²) in [7, 11) is 0. The standard InChI is InChI=1S/C11H16N2O6/c1-2-13-10(17)5(3-12-11(13)18)9-8(16)7(15)6(4-14)19-9/h3,6-9,14-16H,2,4H2,1H3,(H,12,18)/t6-,7-,8-,9+/m1/s1. The van der Waals surface area contributed by atoms with E-state index in [1.165, 1.54) is 0 Å². The van der Waals surface area contributed by atoms with Crippen molar-refractivity contribution < 1.29 is 20.1 Å². The lowest BCUT2D eigenvalue weighted by Gasteiger charge is -2.14. The van der Waals surface area contributed by atoms with Crippen LogP contribution in [0.4, 0.5) is 0 Å². The number of H-pyrrole nitrogens is 1. The van der Waals surface area contributed by atoms with Gasteiger partial charge in [0.05, 0.1) is 12.2 Å². The third-order valence-corrected chi connectivity index (χ3v) is 3.25. The first kappa shape index (κ1) is 13.9. The largest absolute Gasteiger partial charge is 0.394 e. The fourth-order valence-electron chi connectivity index (χ4n) is 2.17. The summed E-state index contributed by atoms with van der Waals surface area (Å²) in [6.45, 7) is 1.34. The zero-order valence-corrected chi connectivity index (χ0v) is 10.3. The molecule has 1 aromatic heterocycles. The van der Waals surface area contributed by atoms with Crippen LogP contribution in [-0.4, -0.2) is 49.8 Å². The van der Waals surface area contributed by atoms with Crippen LogP contribution in [0.2, 0.25) is 0 Å². The van der Waals surface area contributed by atoms with Crippen molar-refractivity contribution in [3.8, 4) is 0 Å². The summed E-state index contributed by atoms with van der Waals surface area (Å²) in [5.41, 5.74) is -1.09. The lowest BCUT2D eigenvalue weighted by atomic mass is 10.0. The van der Waals surface area contributed by atoms with Crippen LogP contribution in [0.5, 0.6) is 0 Å². The van der Waals surface area contributed by atoms with Crippen LogP contribution in [-0.2, 0) is 11.3 Å². The van der Waals surface area contributed by atoms with Crippen LogP contribution in [0.1, 0.15) is 18.6 Å². The molecule has 1 aromatic rings. The van der Waals surface area contributed by atoms with E-state index in [-0.39, 0.29) is 12.1 Å². The molecule has 2 heterocycles. The topological polar surface area (TPSA) is 125 Å². The second-order valence-corrected chi connectivity index (χ2v) is 4.36. The summed E-state index contributed by atoms with van der Waals surface area (Å²) in [5, 5.41) is 28.5. The predicted octanol–water partition coefficient (Wildman–Crippen LogP) is -2.29. The van der Waals surface area contributed by atoms with Gasteiger partial charge in [-0.2, -0.15) is 0 Å². The van der Waals surface area contributed by atoms with Gasteiger partial charge in [0.25, 0.3) is 5.56 Å². The van der Waals surface area contributed by atoms with E-state index in [0.29, 0.717) is 0 Å². The molecular formula is C11H16N2O6. The molecular weight excluding hydrogens is 256 g/mol. The van der Waals surface area contributed by atoms with Crippen molar-refractivity contribution in [2.24, 2.45) is 0 Å². The van der Waals surface area contributed by atoms with Crippen molar-refractivity contribution in [1.82, 2.24) is 9.55 Å². The summed E-state index contributed by atoms with van der Waals surface area (Å²) in [6.07, 6.45) is -3.48. The van der Waals surface area contributed by atoms with Crippen molar-refractivity contribution >= 4 is 0 Å². The first-order valence-electron chi connectivity index (χ1n) is 5.96. The van der Waals surface area contributed by atoms with Gasteiger partial charge in [-0.05, 0) is 6.92 Å². The van der Waals surface area contributed by atoms with E-state index in [9.17, 15) is 19.8 Å². The molecule has 19 heavy (non-hydrogen) atoms. The van der Waals surface area contributed by atoms with Crippen molar-refractivity contribution in [3.05, 3.63) is 32.6 Å². The zero-order valence-electron chi connectivity index (χ0n) is 10.3. The Morgan fingerprint density at radius 1 is 1.37 bits per heavy atom. The van der Waals surface area contributed by atoms with Gasteiger partial charge in [-0.25, -0.2) is 4.79 Å². The van der Waals surface area contributed by atoms with Crippen molar-refractivity contribution in [2.45, 2.75) is 37.9 Å². The van der Waals surface area contributed by atoms with Gasteiger partial charge in [-0.15, -0.1) is 0 Å². The van der Waals surface area contributed by atoms with E-state index in [0.717, 1.165) is 10.8 Å². The molecule has 0 unspecified atom stereocenters. The quantitative estimate of drug-likeness (QED) is 0.491. The molecule has 0 amide bonds. The van der Waals surface area contributed by atoms with E-state index in [1.54, 1.807) is 6.92 Å². The highest BCUT2D eigenvalue weighted by atomic mass is 16.6. The SMILES string of the molecule is CCn1c(=O)[nH]cc([C@@H]2O[C@H](CO)[C@@H](O)[C@H]2O)c1=O. The van der Waals surface area contributed by atoms with Crippen molar-refractivity contribution in [3.63, 3.8) is 0 Å². The van der Waals surface area contributed by atoms with E-state index in [1.807, 2.05) is 0 Å². The van der Waals surface area contributed by atoms with E-state index in [4.69, 9.17) is 9.84 Å². The molecule has 0 saturated carbocycles. The number of aromatic amines is 1. The molecule has 0 aliphatic carbocycles. The van der Waals surface area contributed by atoms with Crippen LogP contribution in [0.3, 0.4) is 0 Å². The lowest BCUT2D eigenvalue weighted by molar-refractivity contribution is -0.0233. The van der Waals surface area contributed by atoms with Crippen LogP contribution in [0.25, 0.3) is 0 Å². The number of aliphatic hydroxyl groups is 3. The lowest BCUT2D eigenvalue weighted by Crippen LogP contribution is -2.39. The molecule has 8 nitrogen and oxygen atoms in total. The predicted molar refractivity (Wildman–Crippen MR) is 63.7 cm³/mol. The molecule has 4 N–H and O–H groups in total. The molecule has 0 radical (unpaired) electrons. The first-order chi connectivity index (χ1) is 9.01. The number of aliphatic hydroxyl groups excluding tert-OH is 3. The van der Waals surface area contributed by atoms with E-state index >= 15 is 0 Å². The molecule has 1 fully saturated rings. The third kappa shape index (κ3) is 2.23. The summed E-state index contributed by atoms with van der Waals surface area (Å²) in [4.78, 5) is 25.9. The molecule has 0 spiro atoms. The molecule has 4 atom stereocenters. The van der Waals surface area contributed by atoms with Gasteiger partial charge in [0, 0.05) is 12.7 Å². The van der Waals surface area contributed by atoms with Gasteiger partial charge < -0.3 is 25.0 Å². The average Bonchev–Trinajstić information content (AvgIpc) is 2.67. The monoisotopic (exact) mass is 272 g/mol. The highest BCUT2D eigenvalue weighted by Crippen LogP contribution is 2.31. The second-order valence-electron chi connectivity index (χ2n) is 4.36. The fourth-order valence-corrected chi connectivity index (χ4v) is 2.17. The molecule has 1 aliphatic rings. The van der Waals surface area contributed by atoms with Gasteiger partial charge in [-0.1, -0.05) is 0 Å². The van der Waals surface area contributed by atoms with Crippen molar-refractivity contribution in [2.75, 3.05) is 6.61 Å². The van der Waals surface area contributed by atoms with E-state index < -0.39 is 42.3 Å². The zero-order chi connectivity index (χ0) is 14.2. The fraction of sp³-hybridized carbons (Fsp3) is 0.636. The minimum absolute atomic E-state index is 0.0453. The maximum absolute atomic E-state index is 12.1. The minimum atomic E-state index is -1.33. The van der Waals surface area contributed by atoms with Gasteiger partial charge in [0.1, 0.15) is 24.4 Å².